The predicted octanol–water partition coefficient (Wildman–Crippen LogP) is 1.31. The van der Waals surface area contributed by atoms with Crippen molar-refractivity contribution in [1.82, 2.24) is 4.72 Å². The Morgan fingerprint density at radius 2 is 2.12 bits per heavy atom. The first-order valence-corrected chi connectivity index (χ1v) is 6.62. The molecule has 0 aliphatic heterocycles. The van der Waals surface area contributed by atoms with Crippen LogP contribution in [-0.4, -0.2) is 26.2 Å². The van der Waals surface area contributed by atoms with Gasteiger partial charge in [0.1, 0.15) is 0 Å². The van der Waals surface area contributed by atoms with Crippen LogP contribution in [0.2, 0.25) is 5.02 Å². The molecule has 0 aliphatic rings. The lowest BCUT2D eigenvalue weighted by atomic mass is 10.2. The quantitative estimate of drug-likeness (QED) is 0.861. The summed E-state index contributed by atoms with van der Waals surface area (Å²) in [5, 5.41) is 9.18. The first-order chi connectivity index (χ1) is 7.36. The highest BCUT2D eigenvalue weighted by Crippen LogP contribution is 2.20. The Hall–Kier alpha value is -0.620. The van der Waals surface area contributed by atoms with Crippen LogP contribution in [0, 0.1) is 6.92 Å². The zero-order valence-corrected chi connectivity index (χ0v) is 10.6. The minimum atomic E-state index is -3.62. The first kappa shape index (κ1) is 13.4. The minimum absolute atomic E-state index is 0.139. The molecule has 1 rings (SSSR count). The smallest absolute Gasteiger partial charge is 0.241 e. The number of benzene rings is 1. The maximum absolute atomic E-state index is 11.9. The number of hydrogen-bond acceptors (Lipinski definition) is 3. The zero-order chi connectivity index (χ0) is 12.3. The van der Waals surface area contributed by atoms with E-state index in [1.54, 1.807) is 26.0 Å². The van der Waals surface area contributed by atoms with Crippen molar-refractivity contribution in [3.63, 3.8) is 0 Å². The van der Waals surface area contributed by atoms with Gasteiger partial charge < -0.3 is 5.11 Å². The van der Waals surface area contributed by atoms with E-state index >= 15 is 0 Å². The molecule has 0 saturated heterocycles. The van der Waals surface area contributed by atoms with E-state index in [9.17, 15) is 8.42 Å². The molecule has 0 aliphatic carbocycles. The van der Waals surface area contributed by atoms with Gasteiger partial charge in [0.15, 0.2) is 0 Å². The van der Waals surface area contributed by atoms with Crippen molar-refractivity contribution < 1.29 is 13.5 Å². The summed E-state index contributed by atoms with van der Waals surface area (Å²) in [6.07, 6.45) is 0. The fourth-order valence-electron chi connectivity index (χ4n) is 1.23. The van der Waals surface area contributed by atoms with E-state index in [1.807, 2.05) is 0 Å². The normalized spacial score (nSPS) is 13.8. The second kappa shape index (κ2) is 5.14. The number of nitrogens with one attached hydrogen (secondary N) is 1. The van der Waals surface area contributed by atoms with Gasteiger partial charge >= 0.3 is 0 Å². The van der Waals surface area contributed by atoms with Crippen LogP contribution >= 0.6 is 11.6 Å². The molecule has 90 valence electrons. The van der Waals surface area contributed by atoms with Crippen LogP contribution in [0.4, 0.5) is 0 Å². The number of aliphatic hydroxyl groups is 1. The first-order valence-electron chi connectivity index (χ1n) is 4.76. The van der Waals surface area contributed by atoms with Crippen molar-refractivity contribution in [3.8, 4) is 0 Å². The van der Waals surface area contributed by atoms with Gasteiger partial charge in [0.25, 0.3) is 0 Å². The van der Waals surface area contributed by atoms with Gasteiger partial charge in [-0.2, -0.15) is 0 Å². The molecule has 0 spiro atoms. The Labute approximate surface area is 100 Å². The molecule has 0 aromatic heterocycles. The molecule has 0 saturated carbocycles. The van der Waals surface area contributed by atoms with Crippen molar-refractivity contribution in [1.29, 1.82) is 0 Å². The van der Waals surface area contributed by atoms with Crippen LogP contribution in [0.25, 0.3) is 0 Å². The van der Waals surface area contributed by atoms with E-state index in [-0.39, 0.29) is 11.5 Å². The average Bonchev–Trinajstić information content (AvgIpc) is 2.20. The zero-order valence-electron chi connectivity index (χ0n) is 9.07. The summed E-state index contributed by atoms with van der Waals surface area (Å²) in [5.41, 5.74) is 0.613. The van der Waals surface area contributed by atoms with E-state index < -0.39 is 16.1 Å². The van der Waals surface area contributed by atoms with Crippen molar-refractivity contribution >= 4 is 21.6 Å². The third-order valence-corrected chi connectivity index (χ3v) is 4.04. The Morgan fingerprint density at radius 1 is 1.50 bits per heavy atom. The maximum atomic E-state index is 11.9. The Bertz CT molecular complexity index is 473. The summed E-state index contributed by atoms with van der Waals surface area (Å²) in [6, 6.07) is 4.14. The van der Waals surface area contributed by atoms with Crippen LogP contribution in [0.5, 0.6) is 0 Å². The van der Waals surface area contributed by atoms with Gasteiger partial charge in [-0.25, -0.2) is 13.1 Å². The van der Waals surface area contributed by atoms with Gasteiger partial charge in [-0.3, -0.25) is 0 Å². The molecule has 1 aromatic rings. The largest absolute Gasteiger partial charge is 0.395 e. The molecule has 0 radical (unpaired) electrons. The second-order valence-electron chi connectivity index (χ2n) is 3.61. The van der Waals surface area contributed by atoms with Crippen LogP contribution in [0.15, 0.2) is 23.1 Å². The van der Waals surface area contributed by atoms with Crippen LogP contribution in [0.3, 0.4) is 0 Å². The number of halogens is 1. The lowest BCUT2D eigenvalue weighted by Gasteiger charge is -2.13. The van der Waals surface area contributed by atoms with Crippen LogP contribution < -0.4 is 4.72 Å². The van der Waals surface area contributed by atoms with E-state index in [4.69, 9.17) is 16.7 Å². The van der Waals surface area contributed by atoms with Gasteiger partial charge in [-0.05, 0) is 31.5 Å². The van der Waals surface area contributed by atoms with E-state index in [1.165, 1.54) is 6.07 Å². The van der Waals surface area contributed by atoms with Gasteiger partial charge in [-0.15, -0.1) is 0 Å². The Kier molecular flexibility index (Phi) is 4.32. The highest BCUT2D eigenvalue weighted by molar-refractivity contribution is 7.89. The van der Waals surface area contributed by atoms with E-state index in [0.717, 1.165) is 0 Å². The topological polar surface area (TPSA) is 66.4 Å². The number of aryl methyl sites for hydroxylation is 1. The molecule has 0 bridgehead atoms. The Morgan fingerprint density at radius 3 is 2.69 bits per heavy atom. The monoisotopic (exact) mass is 263 g/mol. The molecule has 2 N–H and O–H groups in total. The van der Waals surface area contributed by atoms with E-state index in [2.05, 4.69) is 4.72 Å². The molecule has 0 heterocycles. The van der Waals surface area contributed by atoms with E-state index in [0.29, 0.717) is 10.6 Å². The maximum Gasteiger partial charge on any atom is 0.241 e. The fourth-order valence-corrected chi connectivity index (χ4v) is 2.97. The van der Waals surface area contributed by atoms with Crippen LogP contribution in [0.1, 0.15) is 12.5 Å². The van der Waals surface area contributed by atoms with Crippen molar-refractivity contribution in [3.05, 3.63) is 28.8 Å². The third-order valence-electron chi connectivity index (χ3n) is 2.07. The Balaban J connectivity index is 3.12. The summed E-state index contributed by atoms with van der Waals surface area (Å²) in [6.45, 7) is 3.02. The molecular weight excluding hydrogens is 250 g/mol. The summed E-state index contributed by atoms with van der Waals surface area (Å²) in [4.78, 5) is 0.139. The molecule has 1 atom stereocenters. The molecule has 1 unspecified atom stereocenters. The molecule has 0 amide bonds. The van der Waals surface area contributed by atoms with Crippen molar-refractivity contribution in [2.45, 2.75) is 24.8 Å². The number of rotatable bonds is 4. The molecular formula is C10H14ClNO3S. The SMILES string of the molecule is Cc1ccc(Cl)cc1S(=O)(=O)NC(C)CO. The molecule has 4 nitrogen and oxygen atoms in total. The lowest BCUT2D eigenvalue weighted by Crippen LogP contribution is -2.35. The molecule has 6 heteroatoms. The summed E-state index contributed by atoms with van der Waals surface area (Å²) in [5.74, 6) is 0. The minimum Gasteiger partial charge on any atom is -0.395 e. The highest BCUT2D eigenvalue weighted by Gasteiger charge is 2.19. The van der Waals surface area contributed by atoms with Crippen molar-refractivity contribution in [2.75, 3.05) is 6.61 Å². The standard InChI is InChI=1S/C10H14ClNO3S/c1-7-3-4-9(11)5-10(7)16(14,15)12-8(2)6-13/h3-5,8,12-13H,6H2,1-2H3. The summed E-state index contributed by atoms with van der Waals surface area (Å²) >= 11 is 5.75. The van der Waals surface area contributed by atoms with Gasteiger partial charge in [-0.1, -0.05) is 17.7 Å². The lowest BCUT2D eigenvalue weighted by molar-refractivity contribution is 0.265. The van der Waals surface area contributed by atoms with Gasteiger partial charge in [0.05, 0.1) is 11.5 Å². The van der Waals surface area contributed by atoms with Crippen LogP contribution in [-0.2, 0) is 10.0 Å². The third kappa shape index (κ3) is 3.18. The predicted molar refractivity (Wildman–Crippen MR) is 63.1 cm³/mol. The molecule has 1 aromatic carbocycles. The number of hydrogen-bond donors (Lipinski definition) is 2. The average molecular weight is 264 g/mol. The summed E-state index contributed by atoms with van der Waals surface area (Å²) in [7, 11) is -3.62. The number of aliphatic hydroxyl groups excluding tert-OH is 1. The number of sulfonamides is 1. The van der Waals surface area contributed by atoms with Gasteiger partial charge in [0.2, 0.25) is 10.0 Å². The second-order valence-corrected chi connectivity index (χ2v) is 5.73. The molecule has 0 fully saturated rings. The van der Waals surface area contributed by atoms with Gasteiger partial charge in [0, 0.05) is 11.1 Å². The fraction of sp³-hybridized carbons (Fsp3) is 0.400. The molecule has 16 heavy (non-hydrogen) atoms. The highest BCUT2D eigenvalue weighted by atomic mass is 35.5. The summed E-state index contributed by atoms with van der Waals surface area (Å²) < 4.78 is 26.1. The van der Waals surface area contributed by atoms with Crippen molar-refractivity contribution in [2.24, 2.45) is 0 Å².